The Labute approximate surface area is 101 Å². The summed E-state index contributed by atoms with van der Waals surface area (Å²) >= 11 is 3.23. The van der Waals surface area contributed by atoms with Crippen molar-refractivity contribution in [3.63, 3.8) is 0 Å². The van der Waals surface area contributed by atoms with Crippen molar-refractivity contribution in [3.8, 4) is 0 Å². The zero-order valence-electron chi connectivity index (χ0n) is 8.72. The molecule has 0 bridgehead atoms. The molecule has 1 heterocycles. The highest BCUT2D eigenvalue weighted by molar-refractivity contribution is 9.10. The maximum Gasteiger partial charge on any atom is 0.255 e. The fraction of sp³-hybridized carbons (Fsp3) is 0.364. The molecule has 1 N–H and O–H groups in total. The van der Waals surface area contributed by atoms with Crippen LogP contribution in [0.5, 0.6) is 0 Å². The number of amides is 1. The molecule has 1 fully saturated rings. The maximum absolute atomic E-state index is 13.5. The number of nitrogens with one attached hydrogen (secondary N) is 1. The summed E-state index contributed by atoms with van der Waals surface area (Å²) in [5, 5.41) is 2.71. The van der Waals surface area contributed by atoms with Gasteiger partial charge in [-0.25, -0.2) is 4.39 Å². The van der Waals surface area contributed by atoms with Crippen molar-refractivity contribution in [1.82, 2.24) is 5.32 Å². The lowest BCUT2D eigenvalue weighted by atomic mass is 10.1. The number of benzene rings is 1. The van der Waals surface area contributed by atoms with Crippen molar-refractivity contribution in [1.29, 1.82) is 0 Å². The Morgan fingerprint density at radius 1 is 1.56 bits per heavy atom. The molecule has 0 atom stereocenters. The molecule has 1 aromatic carbocycles. The number of aryl methyl sites for hydroxylation is 1. The highest BCUT2D eigenvalue weighted by Gasteiger charge is 2.24. The Bertz CT molecular complexity index is 432. The van der Waals surface area contributed by atoms with Gasteiger partial charge in [-0.05, 0) is 34.5 Å². The standard InChI is InChI=1S/C11H11BrFNO2/c1-6-2-3-8(13)9(10(6)12)11(15)14-7-4-16-5-7/h2-3,7H,4-5H2,1H3,(H,14,15). The van der Waals surface area contributed by atoms with Crippen LogP contribution in [0.25, 0.3) is 0 Å². The van der Waals surface area contributed by atoms with E-state index in [-0.39, 0.29) is 11.6 Å². The number of rotatable bonds is 2. The Hall–Kier alpha value is -0.940. The Morgan fingerprint density at radius 3 is 2.81 bits per heavy atom. The molecule has 86 valence electrons. The predicted octanol–water partition coefficient (Wildman–Crippen LogP) is 2.03. The molecule has 0 aromatic heterocycles. The minimum atomic E-state index is -0.518. The van der Waals surface area contributed by atoms with Gasteiger partial charge in [0.2, 0.25) is 0 Å². The molecule has 1 aliphatic heterocycles. The molecular formula is C11H11BrFNO2. The van der Waals surface area contributed by atoms with Gasteiger partial charge >= 0.3 is 0 Å². The monoisotopic (exact) mass is 287 g/mol. The third-order valence-electron chi connectivity index (χ3n) is 2.48. The van der Waals surface area contributed by atoms with E-state index in [0.29, 0.717) is 17.7 Å². The van der Waals surface area contributed by atoms with Gasteiger partial charge < -0.3 is 10.1 Å². The Morgan fingerprint density at radius 2 is 2.25 bits per heavy atom. The quantitative estimate of drug-likeness (QED) is 0.904. The average Bonchev–Trinajstić information content (AvgIpc) is 2.18. The van der Waals surface area contributed by atoms with Crippen molar-refractivity contribution < 1.29 is 13.9 Å². The van der Waals surface area contributed by atoms with Crippen LogP contribution < -0.4 is 5.32 Å². The van der Waals surface area contributed by atoms with E-state index >= 15 is 0 Å². The van der Waals surface area contributed by atoms with Gasteiger partial charge in [0.15, 0.2) is 0 Å². The maximum atomic E-state index is 13.5. The molecule has 0 radical (unpaired) electrons. The first-order chi connectivity index (χ1) is 7.59. The summed E-state index contributed by atoms with van der Waals surface area (Å²) in [5.41, 5.74) is 0.892. The number of hydrogen-bond donors (Lipinski definition) is 1. The first-order valence-electron chi connectivity index (χ1n) is 4.93. The number of ether oxygens (including phenoxy) is 1. The third kappa shape index (κ3) is 2.10. The Kier molecular flexibility index (Phi) is 3.25. The number of carbonyl (C=O) groups is 1. The second kappa shape index (κ2) is 4.51. The van der Waals surface area contributed by atoms with Gasteiger partial charge in [-0.15, -0.1) is 0 Å². The van der Waals surface area contributed by atoms with Gasteiger partial charge in [-0.1, -0.05) is 6.07 Å². The van der Waals surface area contributed by atoms with Gasteiger partial charge in [0.25, 0.3) is 5.91 Å². The molecule has 1 aromatic rings. The number of hydrogen-bond acceptors (Lipinski definition) is 2. The van der Waals surface area contributed by atoms with E-state index in [2.05, 4.69) is 21.2 Å². The van der Waals surface area contributed by atoms with E-state index in [1.807, 2.05) is 6.92 Å². The normalized spacial score (nSPS) is 15.7. The van der Waals surface area contributed by atoms with Gasteiger partial charge in [0.05, 0.1) is 24.8 Å². The first-order valence-corrected chi connectivity index (χ1v) is 5.72. The molecule has 16 heavy (non-hydrogen) atoms. The lowest BCUT2D eigenvalue weighted by Gasteiger charge is -2.27. The van der Waals surface area contributed by atoms with E-state index in [1.54, 1.807) is 6.07 Å². The molecule has 5 heteroatoms. The summed E-state index contributed by atoms with van der Waals surface area (Å²) in [6, 6.07) is 2.92. The zero-order valence-corrected chi connectivity index (χ0v) is 10.3. The van der Waals surface area contributed by atoms with Crippen LogP contribution in [0.4, 0.5) is 4.39 Å². The van der Waals surface area contributed by atoms with Gasteiger partial charge in [-0.3, -0.25) is 4.79 Å². The topological polar surface area (TPSA) is 38.3 Å². The van der Waals surface area contributed by atoms with Crippen LogP contribution >= 0.6 is 15.9 Å². The van der Waals surface area contributed by atoms with Crippen LogP contribution in [-0.2, 0) is 4.74 Å². The second-order valence-electron chi connectivity index (χ2n) is 3.76. The lowest BCUT2D eigenvalue weighted by molar-refractivity contribution is -0.00354. The van der Waals surface area contributed by atoms with E-state index in [0.717, 1.165) is 5.56 Å². The van der Waals surface area contributed by atoms with Crippen LogP contribution in [0.15, 0.2) is 16.6 Å². The fourth-order valence-corrected chi connectivity index (χ4v) is 1.94. The highest BCUT2D eigenvalue weighted by Crippen LogP contribution is 2.24. The largest absolute Gasteiger partial charge is 0.377 e. The minimum Gasteiger partial charge on any atom is -0.377 e. The van der Waals surface area contributed by atoms with E-state index in [4.69, 9.17) is 4.74 Å². The summed E-state index contributed by atoms with van der Waals surface area (Å²) in [6.45, 7) is 2.81. The molecule has 1 aliphatic rings. The summed E-state index contributed by atoms with van der Waals surface area (Å²) in [6.07, 6.45) is 0. The smallest absolute Gasteiger partial charge is 0.255 e. The van der Waals surface area contributed by atoms with E-state index in [1.165, 1.54) is 6.07 Å². The molecule has 0 saturated carbocycles. The third-order valence-corrected chi connectivity index (χ3v) is 3.51. The van der Waals surface area contributed by atoms with Crippen molar-refractivity contribution in [2.45, 2.75) is 13.0 Å². The number of halogens is 2. The molecule has 1 amide bonds. The molecule has 1 saturated heterocycles. The summed E-state index contributed by atoms with van der Waals surface area (Å²) in [5.74, 6) is -0.920. The molecular weight excluding hydrogens is 277 g/mol. The molecule has 0 spiro atoms. The molecule has 0 unspecified atom stereocenters. The van der Waals surface area contributed by atoms with Crippen molar-refractivity contribution in [2.75, 3.05) is 13.2 Å². The zero-order chi connectivity index (χ0) is 11.7. The number of carbonyl (C=O) groups excluding carboxylic acids is 1. The summed E-state index contributed by atoms with van der Waals surface area (Å²) in [4.78, 5) is 11.8. The van der Waals surface area contributed by atoms with Gasteiger partial charge in [0.1, 0.15) is 5.82 Å². The van der Waals surface area contributed by atoms with Gasteiger partial charge in [-0.2, -0.15) is 0 Å². The van der Waals surface area contributed by atoms with Crippen LogP contribution in [0.1, 0.15) is 15.9 Å². The van der Waals surface area contributed by atoms with Crippen molar-refractivity contribution in [2.24, 2.45) is 0 Å². The van der Waals surface area contributed by atoms with Crippen LogP contribution in [0, 0.1) is 12.7 Å². The fourth-order valence-electron chi connectivity index (χ4n) is 1.44. The van der Waals surface area contributed by atoms with Crippen molar-refractivity contribution in [3.05, 3.63) is 33.5 Å². The first kappa shape index (κ1) is 11.5. The summed E-state index contributed by atoms with van der Waals surface area (Å²) in [7, 11) is 0. The average molecular weight is 288 g/mol. The lowest BCUT2D eigenvalue weighted by Crippen LogP contribution is -2.48. The predicted molar refractivity (Wildman–Crippen MR) is 60.9 cm³/mol. The van der Waals surface area contributed by atoms with Crippen LogP contribution in [-0.4, -0.2) is 25.2 Å². The molecule has 3 nitrogen and oxygen atoms in total. The van der Waals surface area contributed by atoms with Crippen LogP contribution in [0.3, 0.4) is 0 Å². The second-order valence-corrected chi connectivity index (χ2v) is 4.55. The van der Waals surface area contributed by atoms with Gasteiger partial charge in [0, 0.05) is 4.47 Å². The Balaban J connectivity index is 2.24. The summed E-state index contributed by atoms with van der Waals surface area (Å²) < 4.78 is 19.0. The van der Waals surface area contributed by atoms with Crippen molar-refractivity contribution >= 4 is 21.8 Å². The van der Waals surface area contributed by atoms with Crippen LogP contribution in [0.2, 0.25) is 0 Å². The minimum absolute atomic E-state index is 0.000637. The SMILES string of the molecule is Cc1ccc(F)c(C(=O)NC2COC2)c1Br. The van der Waals surface area contributed by atoms with E-state index in [9.17, 15) is 9.18 Å². The highest BCUT2D eigenvalue weighted by atomic mass is 79.9. The molecule has 2 rings (SSSR count). The van der Waals surface area contributed by atoms with E-state index < -0.39 is 11.7 Å². The molecule has 0 aliphatic carbocycles.